The molecule has 2 heterocycles. The van der Waals surface area contributed by atoms with Crippen LogP contribution in [0.5, 0.6) is 0 Å². The fourth-order valence-electron chi connectivity index (χ4n) is 4.62. The normalized spacial score (nSPS) is 15.4. The Morgan fingerprint density at radius 3 is 2.54 bits per heavy atom. The molecule has 0 saturated carbocycles. The molecule has 1 N–H and O–H groups in total. The summed E-state index contributed by atoms with van der Waals surface area (Å²) in [5.41, 5.74) is 4.44. The zero-order valence-electron chi connectivity index (χ0n) is 18.9. The molecule has 7 heteroatoms. The van der Waals surface area contributed by atoms with Gasteiger partial charge in [0.1, 0.15) is 0 Å². The van der Waals surface area contributed by atoms with Gasteiger partial charge >= 0.3 is 5.97 Å². The summed E-state index contributed by atoms with van der Waals surface area (Å²) in [6, 6.07) is 17.7. The maximum Gasteiger partial charge on any atom is 0.337 e. The number of ether oxygens (including phenoxy) is 1. The SMILES string of the molecule is COC(=O)c1ccc(/C=C/C(=O)N2CCc3c([nH]c4ccccc34)C2c2ccc(F)c(F)c2)cc1. The highest BCUT2D eigenvalue weighted by atomic mass is 19.2. The van der Waals surface area contributed by atoms with Crippen molar-refractivity contribution in [3.8, 4) is 0 Å². The molecule has 0 radical (unpaired) electrons. The third-order valence-electron chi connectivity index (χ3n) is 6.33. The lowest BCUT2D eigenvalue weighted by Crippen LogP contribution is -2.39. The van der Waals surface area contributed by atoms with Crippen molar-refractivity contribution in [2.45, 2.75) is 12.5 Å². The van der Waals surface area contributed by atoms with E-state index >= 15 is 0 Å². The lowest BCUT2D eigenvalue weighted by molar-refractivity contribution is -0.128. The van der Waals surface area contributed by atoms with Gasteiger partial charge in [-0.25, -0.2) is 13.6 Å². The maximum absolute atomic E-state index is 14.2. The van der Waals surface area contributed by atoms with Crippen LogP contribution in [0.1, 0.15) is 38.8 Å². The summed E-state index contributed by atoms with van der Waals surface area (Å²) in [5, 5.41) is 1.06. The van der Waals surface area contributed by atoms with Crippen LogP contribution in [0.2, 0.25) is 0 Å². The number of halogens is 2. The number of H-pyrrole nitrogens is 1. The van der Waals surface area contributed by atoms with Gasteiger partial charge in [-0.05, 0) is 59.5 Å². The van der Waals surface area contributed by atoms with Gasteiger partial charge in [0, 0.05) is 29.2 Å². The van der Waals surface area contributed by atoms with Crippen LogP contribution >= 0.6 is 0 Å². The molecule has 1 aliphatic heterocycles. The van der Waals surface area contributed by atoms with Crippen molar-refractivity contribution in [1.29, 1.82) is 0 Å². The highest BCUT2D eigenvalue weighted by molar-refractivity contribution is 5.94. The average Bonchev–Trinajstić information content (AvgIpc) is 3.27. The second-order valence-electron chi connectivity index (χ2n) is 8.37. The number of fused-ring (bicyclic) bond motifs is 3. The van der Waals surface area contributed by atoms with E-state index in [1.54, 1.807) is 35.2 Å². The summed E-state index contributed by atoms with van der Waals surface area (Å²) in [6.07, 6.45) is 3.74. The molecule has 1 amide bonds. The number of aromatic amines is 1. The van der Waals surface area contributed by atoms with Crippen LogP contribution in [0.15, 0.2) is 72.8 Å². The molecule has 0 bridgehead atoms. The zero-order valence-corrected chi connectivity index (χ0v) is 18.9. The monoisotopic (exact) mass is 472 g/mol. The van der Waals surface area contributed by atoms with E-state index in [0.717, 1.165) is 39.9 Å². The van der Waals surface area contributed by atoms with Gasteiger partial charge in [0.25, 0.3) is 0 Å². The fraction of sp³-hybridized carbons (Fsp3) is 0.143. The molecule has 0 saturated heterocycles. The molecular weight excluding hydrogens is 450 g/mol. The molecule has 5 nitrogen and oxygen atoms in total. The van der Waals surface area contributed by atoms with Gasteiger partial charge in [-0.1, -0.05) is 36.4 Å². The standard InChI is InChI=1S/C28H22F2N2O3/c1-35-28(34)18-9-6-17(7-10-18)8-13-25(33)32-15-14-21-20-4-2-3-5-24(20)31-26(21)27(32)19-11-12-22(29)23(30)16-19/h2-13,16,27,31H,14-15H2,1H3/b13-8+. The Bertz CT molecular complexity index is 1460. The number of aromatic nitrogens is 1. The van der Waals surface area contributed by atoms with E-state index in [0.29, 0.717) is 24.1 Å². The Labute approximate surface area is 200 Å². The molecule has 3 aromatic carbocycles. The summed E-state index contributed by atoms with van der Waals surface area (Å²) in [7, 11) is 1.31. The van der Waals surface area contributed by atoms with Crippen LogP contribution in [-0.2, 0) is 16.0 Å². The van der Waals surface area contributed by atoms with Crippen LogP contribution in [0.3, 0.4) is 0 Å². The molecule has 35 heavy (non-hydrogen) atoms. The van der Waals surface area contributed by atoms with Crippen LogP contribution < -0.4 is 0 Å². The van der Waals surface area contributed by atoms with E-state index < -0.39 is 23.6 Å². The lowest BCUT2D eigenvalue weighted by Gasteiger charge is -2.35. The van der Waals surface area contributed by atoms with Crippen molar-refractivity contribution in [2.75, 3.05) is 13.7 Å². The number of hydrogen-bond donors (Lipinski definition) is 1. The second kappa shape index (κ2) is 9.18. The number of methoxy groups -OCH3 is 1. The van der Waals surface area contributed by atoms with Gasteiger partial charge in [0.05, 0.1) is 18.7 Å². The van der Waals surface area contributed by atoms with Gasteiger partial charge in [-0.3, -0.25) is 4.79 Å². The Hall–Kier alpha value is -4.26. The highest BCUT2D eigenvalue weighted by Crippen LogP contribution is 2.39. The first kappa shape index (κ1) is 22.5. The van der Waals surface area contributed by atoms with Crippen molar-refractivity contribution in [3.05, 3.63) is 112 Å². The molecule has 1 unspecified atom stereocenters. The summed E-state index contributed by atoms with van der Waals surface area (Å²) in [6.45, 7) is 0.420. The van der Waals surface area contributed by atoms with Gasteiger partial charge in [-0.15, -0.1) is 0 Å². The van der Waals surface area contributed by atoms with Crippen molar-refractivity contribution in [3.63, 3.8) is 0 Å². The number of nitrogens with one attached hydrogen (secondary N) is 1. The van der Waals surface area contributed by atoms with Gasteiger partial charge < -0.3 is 14.6 Å². The summed E-state index contributed by atoms with van der Waals surface area (Å²) in [4.78, 5) is 30.0. The van der Waals surface area contributed by atoms with Gasteiger partial charge in [0.2, 0.25) is 5.91 Å². The third-order valence-corrected chi connectivity index (χ3v) is 6.33. The van der Waals surface area contributed by atoms with E-state index in [1.807, 2.05) is 24.3 Å². The Kier molecular flexibility index (Phi) is 5.91. The van der Waals surface area contributed by atoms with Crippen LogP contribution in [-0.4, -0.2) is 35.4 Å². The van der Waals surface area contributed by atoms with E-state index in [4.69, 9.17) is 4.74 Å². The Balaban J connectivity index is 1.50. The number of amides is 1. The minimum atomic E-state index is -0.959. The predicted molar refractivity (Wildman–Crippen MR) is 129 cm³/mol. The van der Waals surface area contributed by atoms with E-state index in [9.17, 15) is 18.4 Å². The second-order valence-corrected chi connectivity index (χ2v) is 8.37. The van der Waals surface area contributed by atoms with Crippen LogP contribution in [0, 0.1) is 11.6 Å². The van der Waals surface area contributed by atoms with Crippen molar-refractivity contribution >= 4 is 28.9 Å². The molecule has 5 rings (SSSR count). The molecule has 1 atom stereocenters. The quantitative estimate of drug-likeness (QED) is 0.319. The number of esters is 1. The molecule has 176 valence electrons. The third kappa shape index (κ3) is 4.21. The maximum atomic E-state index is 14.2. The number of carbonyl (C=O) groups is 2. The first-order chi connectivity index (χ1) is 17.0. The van der Waals surface area contributed by atoms with E-state index in [2.05, 4.69) is 4.98 Å². The fourth-order valence-corrected chi connectivity index (χ4v) is 4.62. The minimum absolute atomic E-state index is 0.263. The summed E-state index contributed by atoms with van der Waals surface area (Å²) in [5.74, 6) is -2.59. The van der Waals surface area contributed by atoms with Gasteiger partial charge in [-0.2, -0.15) is 0 Å². The minimum Gasteiger partial charge on any atom is -0.465 e. The molecule has 0 spiro atoms. The van der Waals surface area contributed by atoms with E-state index in [1.165, 1.54) is 19.3 Å². The zero-order chi connectivity index (χ0) is 24.5. The number of carbonyl (C=O) groups excluding carboxylic acids is 2. The number of benzene rings is 3. The smallest absolute Gasteiger partial charge is 0.337 e. The number of nitrogens with zero attached hydrogens (tertiary/aromatic N) is 1. The largest absolute Gasteiger partial charge is 0.465 e. The number of para-hydroxylation sites is 1. The van der Waals surface area contributed by atoms with Gasteiger partial charge in [0.15, 0.2) is 11.6 Å². The molecule has 1 aromatic heterocycles. The average molecular weight is 472 g/mol. The number of rotatable bonds is 4. The molecule has 0 aliphatic carbocycles. The summed E-state index contributed by atoms with van der Waals surface area (Å²) >= 11 is 0. The van der Waals surface area contributed by atoms with Crippen molar-refractivity contribution in [1.82, 2.24) is 9.88 Å². The van der Waals surface area contributed by atoms with Crippen molar-refractivity contribution < 1.29 is 23.1 Å². The molecule has 0 fully saturated rings. The van der Waals surface area contributed by atoms with Crippen LogP contribution in [0.25, 0.3) is 17.0 Å². The Morgan fingerprint density at radius 2 is 1.80 bits per heavy atom. The predicted octanol–water partition coefficient (Wildman–Crippen LogP) is 5.42. The topological polar surface area (TPSA) is 62.4 Å². The lowest BCUT2D eigenvalue weighted by atomic mass is 9.92. The Morgan fingerprint density at radius 1 is 1.03 bits per heavy atom. The summed E-state index contributed by atoms with van der Waals surface area (Å²) < 4.78 is 32.6. The van der Waals surface area contributed by atoms with E-state index in [-0.39, 0.29) is 5.91 Å². The highest BCUT2D eigenvalue weighted by Gasteiger charge is 2.34. The first-order valence-electron chi connectivity index (χ1n) is 11.2. The molecular formula is C28H22F2N2O3. The van der Waals surface area contributed by atoms with Crippen LogP contribution in [0.4, 0.5) is 8.78 Å². The first-order valence-corrected chi connectivity index (χ1v) is 11.2. The molecule has 1 aliphatic rings. The number of hydrogen-bond acceptors (Lipinski definition) is 3. The van der Waals surface area contributed by atoms with Crippen molar-refractivity contribution in [2.24, 2.45) is 0 Å². The molecule has 4 aromatic rings.